The molecule has 0 aliphatic rings. The Bertz CT molecular complexity index is 345. The lowest BCUT2D eigenvalue weighted by molar-refractivity contribution is 0.0940. The highest BCUT2D eigenvalue weighted by Crippen LogP contribution is 2.08. The molecule has 0 bridgehead atoms. The van der Waals surface area contributed by atoms with Gasteiger partial charge in [0.1, 0.15) is 5.82 Å². The quantitative estimate of drug-likeness (QED) is 0.788. The van der Waals surface area contributed by atoms with E-state index in [1.807, 2.05) is 0 Å². The number of carbonyl (C=O) groups excluding carboxylic acids is 1. The predicted octanol–water partition coefficient (Wildman–Crippen LogP) is 1.21. The summed E-state index contributed by atoms with van der Waals surface area (Å²) >= 11 is 0. The molecule has 0 heterocycles. The Morgan fingerprint density at radius 2 is 2.20 bits per heavy atom. The van der Waals surface area contributed by atoms with Crippen LogP contribution < -0.4 is 11.1 Å². The van der Waals surface area contributed by atoms with Crippen molar-refractivity contribution >= 4 is 5.91 Å². The number of benzene rings is 1. The van der Waals surface area contributed by atoms with E-state index >= 15 is 0 Å². The molecule has 0 radical (unpaired) electrons. The second-order valence-electron chi connectivity index (χ2n) is 3.63. The van der Waals surface area contributed by atoms with E-state index in [9.17, 15) is 9.18 Å². The van der Waals surface area contributed by atoms with Crippen molar-refractivity contribution in [2.75, 3.05) is 6.54 Å². The maximum atomic E-state index is 13.0. The highest BCUT2D eigenvalue weighted by atomic mass is 19.1. The highest BCUT2D eigenvalue weighted by Gasteiger charge is 2.09. The van der Waals surface area contributed by atoms with Crippen LogP contribution in [-0.2, 0) is 0 Å². The van der Waals surface area contributed by atoms with E-state index < -0.39 is 5.82 Å². The number of aryl methyl sites for hydroxylation is 1. The number of hydrogen-bond acceptors (Lipinski definition) is 2. The molecular formula is C11H15FN2O. The fraction of sp³-hybridized carbons (Fsp3) is 0.364. The number of carbonyl (C=O) groups is 1. The largest absolute Gasteiger partial charge is 0.348 e. The summed E-state index contributed by atoms with van der Waals surface area (Å²) in [6, 6.07) is 4.12. The zero-order valence-electron chi connectivity index (χ0n) is 8.88. The summed E-state index contributed by atoms with van der Waals surface area (Å²) < 4.78 is 13.0. The zero-order chi connectivity index (χ0) is 11.4. The van der Waals surface area contributed by atoms with Crippen LogP contribution in [0, 0.1) is 12.7 Å². The van der Waals surface area contributed by atoms with Crippen LogP contribution in [0.25, 0.3) is 0 Å². The Kier molecular flexibility index (Phi) is 3.80. The average Bonchev–Trinajstić information content (AvgIpc) is 2.16. The van der Waals surface area contributed by atoms with E-state index in [0.29, 0.717) is 12.1 Å². The minimum absolute atomic E-state index is 0.110. The molecule has 1 aromatic rings. The molecule has 0 aromatic heterocycles. The molecule has 15 heavy (non-hydrogen) atoms. The smallest absolute Gasteiger partial charge is 0.251 e. The van der Waals surface area contributed by atoms with Crippen LogP contribution in [0.2, 0.25) is 0 Å². The van der Waals surface area contributed by atoms with Crippen molar-refractivity contribution in [2.24, 2.45) is 5.73 Å². The summed E-state index contributed by atoms with van der Waals surface area (Å²) in [5.74, 6) is -0.698. The number of rotatable bonds is 3. The van der Waals surface area contributed by atoms with E-state index in [4.69, 9.17) is 5.73 Å². The lowest BCUT2D eigenvalue weighted by Crippen LogP contribution is -2.37. The molecule has 0 fully saturated rings. The van der Waals surface area contributed by atoms with Gasteiger partial charge in [-0.1, -0.05) is 0 Å². The van der Waals surface area contributed by atoms with Gasteiger partial charge in [-0.05, 0) is 37.6 Å². The summed E-state index contributed by atoms with van der Waals surface area (Å²) in [6.45, 7) is 3.90. The van der Waals surface area contributed by atoms with Crippen molar-refractivity contribution < 1.29 is 9.18 Å². The van der Waals surface area contributed by atoms with Gasteiger partial charge in [-0.15, -0.1) is 0 Å². The van der Waals surface area contributed by atoms with Crippen molar-refractivity contribution in [2.45, 2.75) is 19.9 Å². The van der Waals surface area contributed by atoms with Crippen LogP contribution >= 0.6 is 0 Å². The molecule has 0 spiro atoms. The van der Waals surface area contributed by atoms with Crippen LogP contribution in [0.4, 0.5) is 4.39 Å². The molecule has 82 valence electrons. The zero-order valence-corrected chi connectivity index (χ0v) is 8.88. The van der Waals surface area contributed by atoms with Crippen molar-refractivity contribution in [3.63, 3.8) is 0 Å². The minimum atomic E-state index is -0.402. The van der Waals surface area contributed by atoms with E-state index in [0.717, 1.165) is 5.56 Å². The third kappa shape index (κ3) is 3.32. The first-order chi connectivity index (χ1) is 7.02. The van der Waals surface area contributed by atoms with Crippen LogP contribution in [0.1, 0.15) is 22.8 Å². The molecule has 3 N–H and O–H groups in total. The SMILES string of the molecule is Cc1cc(F)cc(C(=O)NC(C)CN)c1. The molecule has 0 aliphatic carbocycles. The summed E-state index contributed by atoms with van der Waals surface area (Å²) in [5.41, 5.74) is 6.42. The van der Waals surface area contributed by atoms with Gasteiger partial charge in [0, 0.05) is 18.2 Å². The van der Waals surface area contributed by atoms with Gasteiger partial charge in [0.15, 0.2) is 0 Å². The fourth-order valence-corrected chi connectivity index (χ4v) is 1.23. The maximum Gasteiger partial charge on any atom is 0.251 e. The second-order valence-corrected chi connectivity index (χ2v) is 3.63. The molecule has 0 saturated carbocycles. The Hall–Kier alpha value is -1.42. The summed E-state index contributed by atoms with van der Waals surface area (Å²) in [6.07, 6.45) is 0. The standard InChI is InChI=1S/C11H15FN2O/c1-7-3-9(5-10(12)4-7)11(15)14-8(2)6-13/h3-5,8H,6,13H2,1-2H3,(H,14,15). The van der Waals surface area contributed by atoms with Gasteiger partial charge in [0.25, 0.3) is 5.91 Å². The third-order valence-corrected chi connectivity index (χ3v) is 2.04. The first-order valence-electron chi connectivity index (χ1n) is 4.81. The number of hydrogen-bond donors (Lipinski definition) is 2. The molecule has 1 atom stereocenters. The Balaban J connectivity index is 2.82. The van der Waals surface area contributed by atoms with Gasteiger partial charge in [-0.3, -0.25) is 4.79 Å². The molecule has 1 rings (SSSR count). The van der Waals surface area contributed by atoms with Crippen LogP contribution in [0.15, 0.2) is 18.2 Å². The van der Waals surface area contributed by atoms with E-state index in [1.54, 1.807) is 19.9 Å². The van der Waals surface area contributed by atoms with Gasteiger partial charge in [-0.2, -0.15) is 0 Å². The van der Waals surface area contributed by atoms with Crippen molar-refractivity contribution in [1.29, 1.82) is 0 Å². The van der Waals surface area contributed by atoms with Crippen LogP contribution in [0.3, 0.4) is 0 Å². The fourth-order valence-electron chi connectivity index (χ4n) is 1.23. The topological polar surface area (TPSA) is 55.1 Å². The number of amides is 1. The lowest BCUT2D eigenvalue weighted by Gasteiger charge is -2.11. The van der Waals surface area contributed by atoms with Gasteiger partial charge in [0.2, 0.25) is 0 Å². The van der Waals surface area contributed by atoms with Gasteiger partial charge in [-0.25, -0.2) is 4.39 Å². The molecular weight excluding hydrogens is 195 g/mol. The van der Waals surface area contributed by atoms with Crippen LogP contribution in [0.5, 0.6) is 0 Å². The third-order valence-electron chi connectivity index (χ3n) is 2.04. The first-order valence-corrected chi connectivity index (χ1v) is 4.81. The Morgan fingerprint density at radius 3 is 2.73 bits per heavy atom. The van der Waals surface area contributed by atoms with Crippen molar-refractivity contribution in [3.8, 4) is 0 Å². The normalized spacial score (nSPS) is 12.3. The maximum absolute atomic E-state index is 13.0. The molecule has 0 aliphatic heterocycles. The van der Waals surface area contributed by atoms with Crippen LogP contribution in [-0.4, -0.2) is 18.5 Å². The van der Waals surface area contributed by atoms with Gasteiger partial charge >= 0.3 is 0 Å². The van der Waals surface area contributed by atoms with E-state index in [2.05, 4.69) is 5.32 Å². The summed E-state index contributed by atoms with van der Waals surface area (Å²) in [7, 11) is 0. The Morgan fingerprint density at radius 1 is 1.53 bits per heavy atom. The Labute approximate surface area is 88.5 Å². The van der Waals surface area contributed by atoms with E-state index in [1.165, 1.54) is 12.1 Å². The number of nitrogens with one attached hydrogen (secondary N) is 1. The predicted molar refractivity (Wildman–Crippen MR) is 57.1 cm³/mol. The molecule has 0 saturated heterocycles. The van der Waals surface area contributed by atoms with Gasteiger partial charge in [0.05, 0.1) is 0 Å². The molecule has 4 heteroatoms. The summed E-state index contributed by atoms with van der Waals surface area (Å²) in [4.78, 5) is 11.6. The average molecular weight is 210 g/mol. The molecule has 1 aromatic carbocycles. The molecule has 1 amide bonds. The summed E-state index contributed by atoms with van der Waals surface area (Å²) in [5, 5.41) is 2.67. The molecule has 3 nitrogen and oxygen atoms in total. The molecule has 1 unspecified atom stereocenters. The number of nitrogens with two attached hydrogens (primary N) is 1. The second kappa shape index (κ2) is 4.89. The minimum Gasteiger partial charge on any atom is -0.348 e. The van der Waals surface area contributed by atoms with E-state index in [-0.39, 0.29) is 11.9 Å². The monoisotopic (exact) mass is 210 g/mol. The highest BCUT2D eigenvalue weighted by molar-refractivity contribution is 5.94. The number of halogens is 1. The first kappa shape index (κ1) is 11.7. The van der Waals surface area contributed by atoms with Crippen molar-refractivity contribution in [3.05, 3.63) is 35.1 Å². The van der Waals surface area contributed by atoms with Crippen molar-refractivity contribution in [1.82, 2.24) is 5.32 Å². The van der Waals surface area contributed by atoms with Gasteiger partial charge < -0.3 is 11.1 Å². The lowest BCUT2D eigenvalue weighted by atomic mass is 10.1.